The Labute approximate surface area is 107 Å². The molecule has 0 amide bonds. The van der Waals surface area contributed by atoms with Crippen molar-refractivity contribution in [1.82, 2.24) is 15.0 Å². The van der Waals surface area contributed by atoms with Crippen LogP contribution in [0.5, 0.6) is 0 Å². The highest BCUT2D eigenvalue weighted by Gasteiger charge is 2.27. The van der Waals surface area contributed by atoms with Crippen molar-refractivity contribution < 1.29 is 0 Å². The second-order valence-corrected chi connectivity index (χ2v) is 5.28. The lowest BCUT2D eigenvalue weighted by Gasteiger charge is -2.09. The number of alkyl halides is 3. The molecule has 0 radical (unpaired) electrons. The molecule has 0 aliphatic carbocycles. The van der Waals surface area contributed by atoms with Crippen LogP contribution < -0.4 is 0 Å². The highest BCUT2D eigenvalue weighted by atomic mass is 35.6. The van der Waals surface area contributed by atoms with Gasteiger partial charge in [-0.15, -0.1) is 0 Å². The summed E-state index contributed by atoms with van der Waals surface area (Å²) in [6.45, 7) is 0. The van der Waals surface area contributed by atoms with E-state index in [1.807, 2.05) is 30.3 Å². The first-order chi connectivity index (χ1) is 7.57. The second-order valence-electron chi connectivity index (χ2n) is 3.00. The van der Waals surface area contributed by atoms with Crippen LogP contribution in [0.3, 0.4) is 0 Å². The number of rotatable bonds is 1. The van der Waals surface area contributed by atoms with Gasteiger partial charge in [-0.05, 0) is 0 Å². The van der Waals surface area contributed by atoms with Crippen LogP contribution in [0.1, 0.15) is 5.82 Å². The van der Waals surface area contributed by atoms with E-state index in [4.69, 9.17) is 34.8 Å². The molecule has 1 aromatic heterocycles. The SMILES string of the molecule is ClC(Cl)(Cl)c1ncnc(-c2ccccc2)n1. The molecule has 3 nitrogen and oxygen atoms in total. The Bertz CT molecular complexity index is 482. The van der Waals surface area contributed by atoms with Crippen molar-refractivity contribution >= 4 is 34.8 Å². The predicted octanol–water partition coefficient (Wildman–Crippen LogP) is 3.37. The molecule has 0 N–H and O–H groups in total. The predicted molar refractivity (Wildman–Crippen MR) is 64.5 cm³/mol. The van der Waals surface area contributed by atoms with Crippen molar-refractivity contribution in [3.05, 3.63) is 42.5 Å². The largest absolute Gasteiger partial charge is 0.250 e. The van der Waals surface area contributed by atoms with E-state index >= 15 is 0 Å². The number of hydrogen-bond acceptors (Lipinski definition) is 3. The van der Waals surface area contributed by atoms with Gasteiger partial charge >= 0.3 is 0 Å². The zero-order valence-corrected chi connectivity index (χ0v) is 10.2. The van der Waals surface area contributed by atoms with Crippen LogP contribution in [0.4, 0.5) is 0 Å². The molecule has 0 unspecified atom stereocenters. The van der Waals surface area contributed by atoms with Gasteiger partial charge in [0.05, 0.1) is 0 Å². The topological polar surface area (TPSA) is 38.7 Å². The number of halogens is 3. The molecule has 2 aromatic rings. The van der Waals surface area contributed by atoms with Gasteiger partial charge in [-0.3, -0.25) is 0 Å². The number of aromatic nitrogens is 3. The lowest BCUT2D eigenvalue weighted by Crippen LogP contribution is -2.08. The minimum Gasteiger partial charge on any atom is -0.217 e. The summed E-state index contributed by atoms with van der Waals surface area (Å²) in [5.41, 5.74) is 0.848. The number of benzene rings is 1. The summed E-state index contributed by atoms with van der Waals surface area (Å²) in [7, 11) is 0. The Morgan fingerprint density at radius 2 is 1.62 bits per heavy atom. The average Bonchev–Trinajstić information content (AvgIpc) is 2.29. The summed E-state index contributed by atoms with van der Waals surface area (Å²) in [5, 5.41) is 0. The molecule has 0 fully saturated rings. The Morgan fingerprint density at radius 3 is 2.25 bits per heavy atom. The van der Waals surface area contributed by atoms with Gasteiger partial charge in [-0.2, -0.15) is 0 Å². The summed E-state index contributed by atoms with van der Waals surface area (Å²) < 4.78 is -1.63. The third kappa shape index (κ3) is 2.61. The minimum absolute atomic E-state index is 0.117. The third-order valence-electron chi connectivity index (χ3n) is 1.86. The Hall–Kier alpha value is -0.900. The fourth-order valence-corrected chi connectivity index (χ4v) is 1.43. The minimum atomic E-state index is -1.63. The Morgan fingerprint density at radius 1 is 0.938 bits per heavy atom. The maximum Gasteiger partial charge on any atom is 0.250 e. The van der Waals surface area contributed by atoms with Crippen LogP contribution in [-0.4, -0.2) is 15.0 Å². The van der Waals surface area contributed by atoms with Crippen molar-refractivity contribution in [2.24, 2.45) is 0 Å². The van der Waals surface area contributed by atoms with Crippen LogP contribution in [0.2, 0.25) is 0 Å². The van der Waals surface area contributed by atoms with Crippen LogP contribution in [-0.2, 0) is 3.79 Å². The molecule has 0 saturated heterocycles. The zero-order valence-electron chi connectivity index (χ0n) is 7.94. The normalized spacial score (nSPS) is 11.4. The standard InChI is InChI=1S/C10H6Cl3N3/c11-10(12,13)9-15-6-14-8(16-9)7-4-2-1-3-5-7/h1-6H. The molecular formula is C10H6Cl3N3. The summed E-state index contributed by atoms with van der Waals surface area (Å²) in [6, 6.07) is 9.41. The Balaban J connectivity index is 2.45. The molecule has 1 aromatic carbocycles. The first-order valence-corrected chi connectivity index (χ1v) is 5.52. The van der Waals surface area contributed by atoms with Crippen molar-refractivity contribution in [1.29, 1.82) is 0 Å². The number of hydrogen-bond donors (Lipinski definition) is 0. The molecule has 0 saturated carbocycles. The van der Waals surface area contributed by atoms with Crippen LogP contribution in [0.15, 0.2) is 36.7 Å². The van der Waals surface area contributed by atoms with Gasteiger partial charge in [-0.25, -0.2) is 15.0 Å². The first-order valence-electron chi connectivity index (χ1n) is 4.39. The summed E-state index contributed by atoms with van der Waals surface area (Å²) >= 11 is 17.1. The molecule has 0 spiro atoms. The van der Waals surface area contributed by atoms with E-state index < -0.39 is 3.79 Å². The fourth-order valence-electron chi connectivity index (χ4n) is 1.16. The van der Waals surface area contributed by atoms with Crippen LogP contribution in [0.25, 0.3) is 11.4 Å². The van der Waals surface area contributed by atoms with E-state index in [0.717, 1.165) is 5.56 Å². The van der Waals surface area contributed by atoms with Gasteiger partial charge in [0.2, 0.25) is 3.79 Å². The third-order valence-corrected chi connectivity index (χ3v) is 2.36. The smallest absolute Gasteiger partial charge is 0.217 e. The van der Waals surface area contributed by atoms with Gasteiger partial charge in [0.15, 0.2) is 11.6 Å². The van der Waals surface area contributed by atoms with Crippen LogP contribution in [0, 0.1) is 0 Å². The van der Waals surface area contributed by atoms with Crippen molar-refractivity contribution in [3.63, 3.8) is 0 Å². The summed E-state index contributed by atoms with van der Waals surface area (Å²) in [5.74, 6) is 0.600. The first kappa shape index (κ1) is 11.6. The molecule has 0 bridgehead atoms. The van der Waals surface area contributed by atoms with Crippen molar-refractivity contribution in [3.8, 4) is 11.4 Å². The monoisotopic (exact) mass is 273 g/mol. The van der Waals surface area contributed by atoms with Gasteiger partial charge in [0.1, 0.15) is 6.33 Å². The zero-order chi connectivity index (χ0) is 11.6. The van der Waals surface area contributed by atoms with Crippen molar-refractivity contribution in [2.75, 3.05) is 0 Å². The van der Waals surface area contributed by atoms with E-state index in [2.05, 4.69) is 15.0 Å². The molecule has 0 aliphatic heterocycles. The van der Waals surface area contributed by atoms with Gasteiger partial charge in [-0.1, -0.05) is 65.1 Å². The molecule has 1 heterocycles. The van der Waals surface area contributed by atoms with E-state index in [1.165, 1.54) is 6.33 Å². The lowest BCUT2D eigenvalue weighted by molar-refractivity contribution is 0.924. The Kier molecular flexibility index (Phi) is 3.28. The molecule has 0 aliphatic rings. The van der Waals surface area contributed by atoms with Crippen molar-refractivity contribution in [2.45, 2.75) is 3.79 Å². The van der Waals surface area contributed by atoms with E-state index in [-0.39, 0.29) is 5.82 Å². The summed E-state index contributed by atoms with van der Waals surface area (Å²) in [6.07, 6.45) is 1.33. The van der Waals surface area contributed by atoms with E-state index in [0.29, 0.717) is 5.82 Å². The quantitative estimate of drug-likeness (QED) is 0.748. The highest BCUT2D eigenvalue weighted by molar-refractivity contribution is 6.66. The van der Waals surface area contributed by atoms with E-state index in [1.54, 1.807) is 0 Å². The fraction of sp³-hybridized carbons (Fsp3) is 0.100. The van der Waals surface area contributed by atoms with Gasteiger partial charge in [0.25, 0.3) is 0 Å². The molecule has 0 atom stereocenters. The highest BCUT2D eigenvalue weighted by Crippen LogP contribution is 2.35. The molecule has 6 heteroatoms. The molecular weight excluding hydrogens is 268 g/mol. The lowest BCUT2D eigenvalue weighted by atomic mass is 10.2. The maximum absolute atomic E-state index is 5.70. The second kappa shape index (κ2) is 4.53. The van der Waals surface area contributed by atoms with Gasteiger partial charge in [0, 0.05) is 5.56 Å². The molecule has 16 heavy (non-hydrogen) atoms. The van der Waals surface area contributed by atoms with E-state index in [9.17, 15) is 0 Å². The molecule has 82 valence electrons. The van der Waals surface area contributed by atoms with Crippen LogP contribution >= 0.6 is 34.8 Å². The maximum atomic E-state index is 5.70. The average molecular weight is 275 g/mol. The molecule has 2 rings (SSSR count). The summed E-state index contributed by atoms with van der Waals surface area (Å²) in [4.78, 5) is 11.9. The number of nitrogens with zero attached hydrogens (tertiary/aromatic N) is 3. The van der Waals surface area contributed by atoms with Gasteiger partial charge < -0.3 is 0 Å².